The summed E-state index contributed by atoms with van der Waals surface area (Å²) in [6.45, 7) is 7.58. The molecule has 0 saturated carbocycles. The summed E-state index contributed by atoms with van der Waals surface area (Å²) in [4.78, 5) is 1.41. The summed E-state index contributed by atoms with van der Waals surface area (Å²) in [5.41, 5.74) is 0. The van der Waals surface area contributed by atoms with Crippen LogP contribution in [0, 0.1) is 0 Å². The fourth-order valence-electron chi connectivity index (χ4n) is 2.90. The molecule has 0 bridgehead atoms. The van der Waals surface area contributed by atoms with E-state index in [0.717, 1.165) is 30.7 Å². The summed E-state index contributed by atoms with van der Waals surface area (Å²) in [5.74, 6) is 0. The number of hydrogen-bond acceptors (Lipinski definition) is 4. The summed E-state index contributed by atoms with van der Waals surface area (Å²) in [6, 6.07) is 2.02. The molecule has 1 fully saturated rings. The lowest BCUT2D eigenvalue weighted by molar-refractivity contribution is 0.328. The minimum Gasteiger partial charge on any atom is -0.312 e. The first-order chi connectivity index (χ1) is 9.52. The van der Waals surface area contributed by atoms with Crippen LogP contribution in [0.4, 0.5) is 0 Å². The predicted molar refractivity (Wildman–Crippen MR) is 83.5 cm³/mol. The third-order valence-corrected chi connectivity index (χ3v) is 7.18. The minimum absolute atomic E-state index is 0.108. The molecule has 0 aromatic carbocycles. The predicted octanol–water partition coefficient (Wildman–Crippen LogP) is 2.81. The molecule has 6 heteroatoms. The van der Waals surface area contributed by atoms with Crippen LogP contribution in [0.5, 0.6) is 0 Å². The minimum atomic E-state index is -3.36. The van der Waals surface area contributed by atoms with E-state index < -0.39 is 10.0 Å². The van der Waals surface area contributed by atoms with Gasteiger partial charge < -0.3 is 5.32 Å². The highest BCUT2D eigenvalue weighted by molar-refractivity contribution is 7.89. The summed E-state index contributed by atoms with van der Waals surface area (Å²) in [6.07, 6.45) is 2.82. The Kier molecular flexibility index (Phi) is 5.23. The molecule has 114 valence electrons. The van der Waals surface area contributed by atoms with Crippen molar-refractivity contribution in [2.45, 2.75) is 63.6 Å². The second-order valence-electron chi connectivity index (χ2n) is 5.31. The first-order valence-corrected chi connectivity index (χ1v) is 9.64. The monoisotopic (exact) mass is 316 g/mol. The molecule has 1 saturated heterocycles. The molecule has 2 atom stereocenters. The van der Waals surface area contributed by atoms with Crippen molar-refractivity contribution in [3.8, 4) is 0 Å². The van der Waals surface area contributed by atoms with Crippen molar-refractivity contribution < 1.29 is 8.42 Å². The zero-order valence-corrected chi connectivity index (χ0v) is 14.1. The molecule has 1 aliphatic heterocycles. The molecule has 0 aliphatic carbocycles. The zero-order valence-electron chi connectivity index (χ0n) is 12.4. The van der Waals surface area contributed by atoms with Gasteiger partial charge in [-0.25, -0.2) is 8.42 Å². The quantitative estimate of drug-likeness (QED) is 0.878. The molecule has 0 amide bonds. The fraction of sp³-hybridized carbons (Fsp3) is 0.714. The van der Waals surface area contributed by atoms with Gasteiger partial charge in [0.15, 0.2) is 0 Å². The van der Waals surface area contributed by atoms with Gasteiger partial charge in [0.2, 0.25) is 10.0 Å². The normalized spacial score (nSPS) is 24.4. The standard InChI is InChI=1S/C14H24N2O2S2/c1-4-12-7-6-11(3)16(12)20(17,18)14-8-9-19-13(14)10-15-5-2/h8-9,11-12,15H,4-7,10H2,1-3H3. The SMILES string of the molecule is CCNCc1sccc1S(=O)(=O)N1C(C)CCC1CC. The molecule has 1 N–H and O–H groups in total. The maximum atomic E-state index is 13.0. The van der Waals surface area contributed by atoms with E-state index in [9.17, 15) is 8.42 Å². The highest BCUT2D eigenvalue weighted by Gasteiger charge is 2.40. The summed E-state index contributed by atoms with van der Waals surface area (Å²) in [7, 11) is -3.36. The topological polar surface area (TPSA) is 49.4 Å². The molecule has 1 aliphatic rings. The van der Waals surface area contributed by atoms with Crippen molar-refractivity contribution in [3.63, 3.8) is 0 Å². The number of sulfonamides is 1. The largest absolute Gasteiger partial charge is 0.312 e. The Morgan fingerprint density at radius 1 is 1.40 bits per heavy atom. The first-order valence-electron chi connectivity index (χ1n) is 7.33. The van der Waals surface area contributed by atoms with Crippen LogP contribution >= 0.6 is 11.3 Å². The maximum absolute atomic E-state index is 13.0. The van der Waals surface area contributed by atoms with Crippen LogP contribution in [0.15, 0.2) is 16.3 Å². The van der Waals surface area contributed by atoms with Crippen LogP contribution in [0.2, 0.25) is 0 Å². The van der Waals surface area contributed by atoms with Crippen molar-refractivity contribution in [1.29, 1.82) is 0 Å². The summed E-state index contributed by atoms with van der Waals surface area (Å²) < 4.78 is 27.7. The van der Waals surface area contributed by atoms with Crippen molar-refractivity contribution in [2.75, 3.05) is 6.54 Å². The van der Waals surface area contributed by atoms with Crippen LogP contribution in [0.1, 0.15) is 44.9 Å². The van der Waals surface area contributed by atoms with Crippen molar-refractivity contribution in [3.05, 3.63) is 16.3 Å². The number of nitrogens with one attached hydrogen (secondary N) is 1. The molecular formula is C14H24N2O2S2. The average Bonchev–Trinajstić information content (AvgIpc) is 3.02. The molecule has 1 aromatic rings. The second kappa shape index (κ2) is 6.56. The van der Waals surface area contributed by atoms with Crippen LogP contribution < -0.4 is 5.32 Å². The molecular weight excluding hydrogens is 292 g/mol. The molecule has 2 unspecified atom stereocenters. The van der Waals surface area contributed by atoms with E-state index in [2.05, 4.69) is 12.2 Å². The number of nitrogens with zero attached hydrogens (tertiary/aromatic N) is 1. The van der Waals surface area contributed by atoms with Gasteiger partial charge in [-0.2, -0.15) is 4.31 Å². The van der Waals surface area contributed by atoms with Gasteiger partial charge in [-0.15, -0.1) is 11.3 Å². The van der Waals surface area contributed by atoms with Gasteiger partial charge in [-0.05, 0) is 44.2 Å². The highest BCUT2D eigenvalue weighted by Crippen LogP contribution is 2.34. The Bertz CT molecular complexity index is 539. The van der Waals surface area contributed by atoms with Gasteiger partial charge in [-0.1, -0.05) is 13.8 Å². The van der Waals surface area contributed by atoms with E-state index in [1.165, 1.54) is 11.3 Å². The molecule has 20 heavy (non-hydrogen) atoms. The van der Waals surface area contributed by atoms with Gasteiger partial charge in [-0.3, -0.25) is 0 Å². The van der Waals surface area contributed by atoms with Gasteiger partial charge in [0.25, 0.3) is 0 Å². The van der Waals surface area contributed by atoms with Crippen molar-refractivity contribution in [2.24, 2.45) is 0 Å². The molecule has 2 heterocycles. The van der Waals surface area contributed by atoms with Gasteiger partial charge in [0, 0.05) is 23.5 Å². The van der Waals surface area contributed by atoms with E-state index in [1.54, 1.807) is 10.4 Å². The molecule has 0 spiro atoms. The number of rotatable bonds is 6. The van der Waals surface area contributed by atoms with Crippen molar-refractivity contribution in [1.82, 2.24) is 9.62 Å². The molecule has 0 radical (unpaired) electrons. The van der Waals surface area contributed by atoms with E-state index in [-0.39, 0.29) is 12.1 Å². The summed E-state index contributed by atoms with van der Waals surface area (Å²) in [5, 5.41) is 5.09. The number of hydrogen-bond donors (Lipinski definition) is 1. The van der Waals surface area contributed by atoms with Crippen LogP contribution in [0.25, 0.3) is 0 Å². The van der Waals surface area contributed by atoms with E-state index in [0.29, 0.717) is 11.4 Å². The molecule has 1 aromatic heterocycles. The fourth-order valence-corrected chi connectivity index (χ4v) is 6.24. The van der Waals surface area contributed by atoms with Crippen LogP contribution in [-0.4, -0.2) is 31.4 Å². The lowest BCUT2D eigenvalue weighted by Gasteiger charge is -2.27. The Morgan fingerprint density at radius 2 is 2.15 bits per heavy atom. The highest BCUT2D eigenvalue weighted by atomic mass is 32.2. The Labute approximate surface area is 126 Å². The molecule has 4 nitrogen and oxygen atoms in total. The van der Waals surface area contributed by atoms with E-state index in [1.807, 2.05) is 19.2 Å². The van der Waals surface area contributed by atoms with E-state index in [4.69, 9.17) is 0 Å². The average molecular weight is 316 g/mol. The summed E-state index contributed by atoms with van der Waals surface area (Å²) >= 11 is 1.52. The van der Waals surface area contributed by atoms with Gasteiger partial charge >= 0.3 is 0 Å². The number of thiophene rings is 1. The van der Waals surface area contributed by atoms with Crippen LogP contribution in [-0.2, 0) is 16.6 Å². The Balaban J connectivity index is 2.32. The smallest absolute Gasteiger partial charge is 0.244 e. The molecule has 2 rings (SSSR count). The third kappa shape index (κ3) is 2.93. The van der Waals surface area contributed by atoms with Gasteiger partial charge in [0.05, 0.1) is 4.90 Å². The maximum Gasteiger partial charge on any atom is 0.244 e. The zero-order chi connectivity index (χ0) is 14.8. The van der Waals surface area contributed by atoms with Crippen LogP contribution in [0.3, 0.4) is 0 Å². The lowest BCUT2D eigenvalue weighted by Crippen LogP contribution is -2.39. The van der Waals surface area contributed by atoms with E-state index >= 15 is 0 Å². The third-order valence-electron chi connectivity index (χ3n) is 3.98. The Hall–Kier alpha value is -0.430. The second-order valence-corrected chi connectivity index (χ2v) is 8.12. The van der Waals surface area contributed by atoms with Gasteiger partial charge in [0.1, 0.15) is 0 Å². The lowest BCUT2D eigenvalue weighted by atomic mass is 10.2. The first kappa shape index (κ1) is 15.9. The van der Waals surface area contributed by atoms with Crippen molar-refractivity contribution >= 4 is 21.4 Å². The Morgan fingerprint density at radius 3 is 2.80 bits per heavy atom.